The molecule has 1 aliphatic rings. The first-order valence-corrected chi connectivity index (χ1v) is 7.63. The minimum Gasteiger partial charge on any atom is -0.479 e. The zero-order valence-electron chi connectivity index (χ0n) is 12.6. The highest BCUT2D eigenvalue weighted by atomic mass is 16.4. The van der Waals surface area contributed by atoms with Gasteiger partial charge in [-0.15, -0.1) is 0 Å². The predicted molar refractivity (Wildman–Crippen MR) is 83.8 cm³/mol. The van der Waals surface area contributed by atoms with Crippen LogP contribution in [-0.4, -0.2) is 39.5 Å². The van der Waals surface area contributed by atoms with Crippen molar-refractivity contribution in [2.75, 3.05) is 7.05 Å². The molecule has 2 aromatic rings. The number of hydrogen-bond acceptors (Lipinski definition) is 2. The lowest BCUT2D eigenvalue weighted by Gasteiger charge is -2.41. The van der Waals surface area contributed by atoms with Gasteiger partial charge in [0.15, 0.2) is 0 Å². The third kappa shape index (κ3) is 2.26. The minimum absolute atomic E-state index is 0.229. The molecule has 5 heteroatoms. The topological polar surface area (TPSA) is 73.4 Å². The van der Waals surface area contributed by atoms with Gasteiger partial charge in [-0.2, -0.15) is 0 Å². The van der Waals surface area contributed by atoms with Crippen LogP contribution in [0.4, 0.5) is 0 Å². The van der Waals surface area contributed by atoms with Gasteiger partial charge in [0, 0.05) is 29.7 Å². The molecule has 0 bridgehead atoms. The Morgan fingerprint density at radius 3 is 2.59 bits per heavy atom. The summed E-state index contributed by atoms with van der Waals surface area (Å²) in [5.74, 6) is -1.13. The van der Waals surface area contributed by atoms with Crippen molar-refractivity contribution in [1.82, 2.24) is 9.88 Å². The van der Waals surface area contributed by atoms with Crippen molar-refractivity contribution >= 4 is 22.8 Å². The van der Waals surface area contributed by atoms with Crippen LogP contribution in [0.3, 0.4) is 0 Å². The highest BCUT2D eigenvalue weighted by molar-refractivity contribution is 6.00. The highest BCUT2D eigenvalue weighted by Gasteiger charge is 2.45. The van der Waals surface area contributed by atoms with Gasteiger partial charge >= 0.3 is 5.97 Å². The fraction of sp³-hybridized carbons (Fsp3) is 0.412. The molecule has 0 unspecified atom stereocenters. The average molecular weight is 300 g/mol. The molecule has 22 heavy (non-hydrogen) atoms. The summed E-state index contributed by atoms with van der Waals surface area (Å²) in [6.07, 6.45) is 5.60. The number of amides is 1. The van der Waals surface area contributed by atoms with Crippen LogP contribution in [0.5, 0.6) is 0 Å². The van der Waals surface area contributed by atoms with Crippen LogP contribution in [0.25, 0.3) is 10.9 Å². The van der Waals surface area contributed by atoms with E-state index in [1.165, 1.54) is 4.90 Å². The third-order valence-corrected chi connectivity index (χ3v) is 4.83. The number of aromatic nitrogens is 1. The van der Waals surface area contributed by atoms with Gasteiger partial charge in [-0.25, -0.2) is 4.79 Å². The molecule has 1 aliphatic carbocycles. The number of nitrogens with zero attached hydrogens (tertiary/aromatic N) is 1. The quantitative estimate of drug-likeness (QED) is 0.915. The first kappa shape index (κ1) is 14.6. The summed E-state index contributed by atoms with van der Waals surface area (Å²) in [7, 11) is 1.61. The van der Waals surface area contributed by atoms with Gasteiger partial charge < -0.3 is 15.0 Å². The van der Waals surface area contributed by atoms with Crippen LogP contribution in [0.1, 0.15) is 42.5 Å². The Labute approximate surface area is 128 Å². The van der Waals surface area contributed by atoms with E-state index in [9.17, 15) is 14.7 Å². The number of H-pyrrole nitrogens is 1. The minimum atomic E-state index is -1.07. The van der Waals surface area contributed by atoms with Crippen molar-refractivity contribution < 1.29 is 14.7 Å². The Hall–Kier alpha value is -2.30. The van der Waals surface area contributed by atoms with E-state index in [0.29, 0.717) is 18.4 Å². The molecule has 0 radical (unpaired) electrons. The van der Waals surface area contributed by atoms with Crippen molar-refractivity contribution in [3.8, 4) is 0 Å². The van der Waals surface area contributed by atoms with Gasteiger partial charge in [0.2, 0.25) is 0 Å². The summed E-state index contributed by atoms with van der Waals surface area (Å²) in [6.45, 7) is 0. The number of rotatable bonds is 3. The summed E-state index contributed by atoms with van der Waals surface area (Å²) < 4.78 is 0. The number of benzene rings is 1. The van der Waals surface area contributed by atoms with Crippen LogP contribution >= 0.6 is 0 Å². The average Bonchev–Trinajstić information content (AvgIpc) is 3.01. The van der Waals surface area contributed by atoms with E-state index >= 15 is 0 Å². The number of likely N-dealkylation sites (N-methyl/N-ethyl adjacent to an activating group) is 1. The molecule has 1 saturated carbocycles. The molecule has 3 rings (SSSR count). The number of hydrogen-bond donors (Lipinski definition) is 2. The first-order valence-electron chi connectivity index (χ1n) is 7.63. The van der Waals surface area contributed by atoms with E-state index in [0.717, 1.165) is 30.2 Å². The lowest BCUT2D eigenvalue weighted by Crippen LogP contribution is -2.56. The number of carboxylic acids is 1. The predicted octanol–water partition coefficient (Wildman–Crippen LogP) is 3.03. The van der Waals surface area contributed by atoms with E-state index in [1.54, 1.807) is 13.1 Å². The number of carboxylic acid groups (broad SMARTS) is 1. The van der Waals surface area contributed by atoms with E-state index in [2.05, 4.69) is 4.98 Å². The van der Waals surface area contributed by atoms with Gasteiger partial charge in [-0.3, -0.25) is 4.79 Å². The van der Waals surface area contributed by atoms with Gasteiger partial charge in [0.1, 0.15) is 5.54 Å². The molecular formula is C17H20N2O3. The van der Waals surface area contributed by atoms with Crippen LogP contribution in [0, 0.1) is 0 Å². The summed E-state index contributed by atoms with van der Waals surface area (Å²) in [6, 6.07) is 7.31. The molecule has 0 spiro atoms. The number of aliphatic carboxylic acids is 1. The summed E-state index contributed by atoms with van der Waals surface area (Å²) in [5, 5.41) is 10.6. The highest BCUT2D eigenvalue weighted by Crippen LogP contribution is 2.34. The number of carbonyl (C=O) groups excluding carboxylic acids is 1. The van der Waals surface area contributed by atoms with E-state index < -0.39 is 11.5 Å². The molecule has 1 fully saturated rings. The molecule has 1 aromatic heterocycles. The van der Waals surface area contributed by atoms with Crippen molar-refractivity contribution in [3.63, 3.8) is 0 Å². The maximum atomic E-state index is 12.8. The molecule has 1 amide bonds. The Kier molecular flexibility index (Phi) is 3.64. The molecule has 2 N–H and O–H groups in total. The third-order valence-electron chi connectivity index (χ3n) is 4.83. The Balaban J connectivity index is 1.93. The van der Waals surface area contributed by atoms with Crippen LogP contribution in [-0.2, 0) is 4.79 Å². The Morgan fingerprint density at radius 2 is 1.91 bits per heavy atom. The molecule has 0 saturated heterocycles. The number of carbonyl (C=O) groups is 2. The lowest BCUT2D eigenvalue weighted by molar-refractivity contribution is -0.151. The smallest absolute Gasteiger partial charge is 0.329 e. The molecule has 0 aliphatic heterocycles. The zero-order chi connectivity index (χ0) is 15.7. The number of aromatic amines is 1. The largest absolute Gasteiger partial charge is 0.479 e. The molecule has 116 valence electrons. The normalized spacial score (nSPS) is 17.3. The molecular weight excluding hydrogens is 280 g/mol. The number of nitrogens with one attached hydrogen (secondary N) is 1. The Bertz CT molecular complexity index is 714. The standard InChI is InChI=1S/C17H20N2O3/c1-19(17(16(21)22)8-3-2-4-9-17)15(20)13-5-6-14-12(11-13)7-10-18-14/h5-7,10-11,18H,2-4,8-9H2,1H3,(H,21,22). The van der Waals surface area contributed by atoms with Gasteiger partial charge in [0.25, 0.3) is 5.91 Å². The van der Waals surface area contributed by atoms with Crippen molar-refractivity contribution in [2.45, 2.75) is 37.6 Å². The second-order valence-electron chi connectivity index (χ2n) is 6.04. The summed E-state index contributed by atoms with van der Waals surface area (Å²) in [5.41, 5.74) is 0.424. The van der Waals surface area contributed by atoms with E-state index in [1.807, 2.05) is 24.4 Å². The molecule has 0 atom stereocenters. The van der Waals surface area contributed by atoms with Gasteiger partial charge in [-0.1, -0.05) is 19.3 Å². The second-order valence-corrected chi connectivity index (χ2v) is 6.04. The van der Waals surface area contributed by atoms with Crippen molar-refractivity contribution in [1.29, 1.82) is 0 Å². The fourth-order valence-corrected chi connectivity index (χ4v) is 3.40. The lowest BCUT2D eigenvalue weighted by atomic mass is 9.80. The molecule has 5 nitrogen and oxygen atoms in total. The van der Waals surface area contributed by atoms with Gasteiger partial charge in [0.05, 0.1) is 0 Å². The first-order chi connectivity index (χ1) is 10.5. The second kappa shape index (κ2) is 5.48. The maximum absolute atomic E-state index is 12.8. The SMILES string of the molecule is CN(C(=O)c1ccc2[nH]ccc2c1)C1(C(=O)O)CCCCC1. The van der Waals surface area contributed by atoms with Crippen LogP contribution in [0.2, 0.25) is 0 Å². The van der Waals surface area contributed by atoms with Crippen LogP contribution < -0.4 is 0 Å². The zero-order valence-corrected chi connectivity index (χ0v) is 12.6. The summed E-state index contributed by atoms with van der Waals surface area (Å²) >= 11 is 0. The molecule has 1 aromatic carbocycles. The fourth-order valence-electron chi connectivity index (χ4n) is 3.40. The van der Waals surface area contributed by atoms with E-state index in [-0.39, 0.29) is 5.91 Å². The van der Waals surface area contributed by atoms with Crippen molar-refractivity contribution in [2.24, 2.45) is 0 Å². The number of fused-ring (bicyclic) bond motifs is 1. The maximum Gasteiger partial charge on any atom is 0.329 e. The summed E-state index contributed by atoms with van der Waals surface area (Å²) in [4.78, 5) is 29.1. The van der Waals surface area contributed by atoms with Gasteiger partial charge in [-0.05, 0) is 37.1 Å². The Morgan fingerprint density at radius 1 is 1.18 bits per heavy atom. The van der Waals surface area contributed by atoms with E-state index in [4.69, 9.17) is 0 Å². The van der Waals surface area contributed by atoms with Crippen molar-refractivity contribution in [3.05, 3.63) is 36.0 Å². The van der Waals surface area contributed by atoms with Crippen LogP contribution in [0.15, 0.2) is 30.5 Å². The molecule has 1 heterocycles. The monoisotopic (exact) mass is 300 g/mol.